The number of carbonyl (C=O) groups excluding carboxylic acids is 2. The van der Waals surface area contributed by atoms with Gasteiger partial charge in [0.2, 0.25) is 5.91 Å². The summed E-state index contributed by atoms with van der Waals surface area (Å²) in [5, 5.41) is 1.41. The van der Waals surface area contributed by atoms with Crippen LogP contribution in [0.3, 0.4) is 0 Å². The fraction of sp³-hybridized carbons (Fsp3) is 0.556. The zero-order chi connectivity index (χ0) is 16.7. The molecule has 22 heavy (non-hydrogen) atoms. The van der Waals surface area contributed by atoms with Crippen LogP contribution in [0, 0.1) is 0 Å². The van der Waals surface area contributed by atoms with Crippen LogP contribution in [-0.2, 0) is 15.6 Å². The Bertz CT molecular complexity index is 574. The lowest BCUT2D eigenvalue weighted by molar-refractivity contribution is -0.120. The summed E-state index contributed by atoms with van der Waals surface area (Å²) in [5.41, 5.74) is 5.44. The average Bonchev–Trinajstić information content (AvgIpc) is 2.82. The topological polar surface area (TPSA) is 49.4 Å². The summed E-state index contributed by atoms with van der Waals surface area (Å²) < 4.78 is 0. The number of amides is 2. The van der Waals surface area contributed by atoms with Crippen LogP contribution < -0.4 is 5.43 Å². The molecule has 120 valence electrons. The van der Waals surface area contributed by atoms with Gasteiger partial charge in [-0.3, -0.25) is 15.0 Å². The lowest BCUT2D eigenvalue weighted by atomic mass is 9.79. The molecule has 1 saturated heterocycles. The molecule has 4 heteroatoms. The van der Waals surface area contributed by atoms with Crippen molar-refractivity contribution >= 4 is 11.8 Å². The van der Waals surface area contributed by atoms with Crippen molar-refractivity contribution in [3.05, 3.63) is 34.9 Å². The highest BCUT2D eigenvalue weighted by Gasteiger charge is 2.27. The Morgan fingerprint density at radius 1 is 1.00 bits per heavy atom. The van der Waals surface area contributed by atoms with E-state index >= 15 is 0 Å². The van der Waals surface area contributed by atoms with Gasteiger partial charge >= 0.3 is 0 Å². The van der Waals surface area contributed by atoms with E-state index in [0.29, 0.717) is 18.5 Å². The van der Waals surface area contributed by atoms with Crippen LogP contribution in [0.15, 0.2) is 18.2 Å². The minimum absolute atomic E-state index is 0.0372. The molecule has 2 amide bonds. The summed E-state index contributed by atoms with van der Waals surface area (Å²) in [6.07, 6.45) is 0.372. The molecule has 0 bridgehead atoms. The van der Waals surface area contributed by atoms with E-state index in [-0.39, 0.29) is 22.6 Å². The molecular weight excluding hydrogens is 276 g/mol. The third kappa shape index (κ3) is 3.49. The molecule has 4 nitrogen and oxygen atoms in total. The maximum Gasteiger partial charge on any atom is 0.272 e. The molecular formula is C18H26N2O2. The highest BCUT2D eigenvalue weighted by atomic mass is 16.2. The SMILES string of the molecule is CC(C)(C)c1cc(C(=O)N2CCC(=O)N2)cc(C(C)(C)C)c1. The number of carbonyl (C=O) groups is 2. The second kappa shape index (κ2) is 5.41. The number of hydrogen-bond donors (Lipinski definition) is 1. The Kier molecular flexibility index (Phi) is 4.07. The van der Waals surface area contributed by atoms with Gasteiger partial charge in [-0.25, -0.2) is 5.01 Å². The smallest absolute Gasteiger partial charge is 0.272 e. The molecule has 0 atom stereocenters. The molecule has 2 rings (SSSR count). The summed E-state index contributed by atoms with van der Waals surface area (Å²) in [6, 6.07) is 6.07. The first-order chi connectivity index (χ1) is 9.98. The van der Waals surface area contributed by atoms with Crippen LogP contribution in [0.1, 0.15) is 69.4 Å². The maximum absolute atomic E-state index is 12.7. The zero-order valence-electron chi connectivity index (χ0n) is 14.4. The Morgan fingerprint density at radius 3 is 1.86 bits per heavy atom. The van der Waals surface area contributed by atoms with Crippen LogP contribution in [0.4, 0.5) is 0 Å². The highest BCUT2D eigenvalue weighted by Crippen LogP contribution is 2.30. The van der Waals surface area contributed by atoms with Crippen LogP contribution in [0.25, 0.3) is 0 Å². The van der Waals surface area contributed by atoms with Crippen molar-refractivity contribution < 1.29 is 9.59 Å². The lowest BCUT2D eigenvalue weighted by Crippen LogP contribution is -2.38. The van der Waals surface area contributed by atoms with E-state index in [4.69, 9.17) is 0 Å². The van der Waals surface area contributed by atoms with Gasteiger partial charge in [-0.05, 0) is 34.1 Å². The van der Waals surface area contributed by atoms with E-state index < -0.39 is 0 Å². The van der Waals surface area contributed by atoms with Gasteiger partial charge in [0.25, 0.3) is 5.91 Å². The Hall–Kier alpha value is -1.84. The summed E-state index contributed by atoms with van der Waals surface area (Å²) in [4.78, 5) is 24.0. The second-order valence-electron chi connectivity index (χ2n) is 8.04. The average molecular weight is 302 g/mol. The van der Waals surface area contributed by atoms with E-state index in [1.165, 1.54) is 5.01 Å². The predicted molar refractivity (Wildman–Crippen MR) is 87.6 cm³/mol. The lowest BCUT2D eigenvalue weighted by Gasteiger charge is -2.26. The summed E-state index contributed by atoms with van der Waals surface area (Å²) in [5.74, 6) is -0.237. The molecule has 1 fully saturated rings. The number of nitrogens with zero attached hydrogens (tertiary/aromatic N) is 1. The first-order valence-electron chi connectivity index (χ1n) is 7.76. The highest BCUT2D eigenvalue weighted by molar-refractivity contribution is 5.97. The molecule has 1 aromatic carbocycles. The fourth-order valence-corrected chi connectivity index (χ4v) is 2.40. The molecule has 1 heterocycles. The monoisotopic (exact) mass is 302 g/mol. The summed E-state index contributed by atoms with van der Waals surface area (Å²) in [6.45, 7) is 13.3. The number of rotatable bonds is 1. The van der Waals surface area contributed by atoms with Crippen LogP contribution in [0.2, 0.25) is 0 Å². The molecule has 1 aliphatic heterocycles. The van der Waals surface area contributed by atoms with Crippen molar-refractivity contribution in [2.24, 2.45) is 0 Å². The predicted octanol–water partition coefficient (Wildman–Crippen LogP) is 3.16. The molecule has 0 unspecified atom stereocenters. The van der Waals surface area contributed by atoms with Crippen LogP contribution in [0.5, 0.6) is 0 Å². The van der Waals surface area contributed by atoms with Crippen molar-refractivity contribution in [3.8, 4) is 0 Å². The van der Waals surface area contributed by atoms with Crippen molar-refractivity contribution in [2.75, 3.05) is 6.54 Å². The van der Waals surface area contributed by atoms with E-state index in [9.17, 15) is 9.59 Å². The minimum Gasteiger partial charge on any atom is -0.273 e. The van der Waals surface area contributed by atoms with Crippen molar-refractivity contribution in [3.63, 3.8) is 0 Å². The fourth-order valence-electron chi connectivity index (χ4n) is 2.40. The molecule has 0 spiro atoms. The first-order valence-corrected chi connectivity index (χ1v) is 7.76. The van der Waals surface area contributed by atoms with Gasteiger partial charge in [0.05, 0.1) is 6.54 Å². The van der Waals surface area contributed by atoms with E-state index in [1.807, 2.05) is 12.1 Å². The van der Waals surface area contributed by atoms with E-state index in [0.717, 1.165) is 11.1 Å². The van der Waals surface area contributed by atoms with Gasteiger partial charge in [0, 0.05) is 12.0 Å². The van der Waals surface area contributed by atoms with Gasteiger partial charge in [0.15, 0.2) is 0 Å². The van der Waals surface area contributed by atoms with Gasteiger partial charge in [-0.2, -0.15) is 0 Å². The van der Waals surface area contributed by atoms with Gasteiger partial charge in [-0.15, -0.1) is 0 Å². The molecule has 0 aromatic heterocycles. The Labute approximate surface area is 132 Å². The van der Waals surface area contributed by atoms with Gasteiger partial charge < -0.3 is 0 Å². The third-order valence-corrected chi connectivity index (χ3v) is 3.98. The zero-order valence-corrected chi connectivity index (χ0v) is 14.4. The number of hydrazine groups is 1. The number of nitrogens with one attached hydrogen (secondary N) is 1. The standard InChI is InChI=1S/C18H26N2O2/c1-17(2,3)13-9-12(10-14(11-13)18(4,5)6)16(22)20-8-7-15(21)19-20/h9-11H,7-8H2,1-6H3,(H,19,21). The third-order valence-electron chi connectivity index (χ3n) is 3.98. The largest absolute Gasteiger partial charge is 0.273 e. The molecule has 0 saturated carbocycles. The maximum atomic E-state index is 12.7. The Morgan fingerprint density at radius 2 is 1.50 bits per heavy atom. The summed E-state index contributed by atoms with van der Waals surface area (Å²) >= 11 is 0. The van der Waals surface area contributed by atoms with Crippen LogP contribution >= 0.6 is 0 Å². The van der Waals surface area contributed by atoms with Gasteiger partial charge in [0.1, 0.15) is 0 Å². The molecule has 1 aromatic rings. The quantitative estimate of drug-likeness (QED) is 0.866. The first kappa shape index (κ1) is 16.5. The van der Waals surface area contributed by atoms with E-state index in [1.54, 1.807) is 0 Å². The molecule has 0 aliphatic carbocycles. The molecule has 0 radical (unpaired) electrons. The number of hydrogen-bond acceptors (Lipinski definition) is 2. The van der Waals surface area contributed by atoms with Crippen molar-refractivity contribution in [2.45, 2.75) is 58.8 Å². The van der Waals surface area contributed by atoms with Crippen molar-refractivity contribution in [1.82, 2.24) is 10.4 Å². The van der Waals surface area contributed by atoms with Crippen molar-refractivity contribution in [1.29, 1.82) is 0 Å². The van der Waals surface area contributed by atoms with Crippen LogP contribution in [-0.4, -0.2) is 23.4 Å². The Balaban J connectivity index is 2.46. The van der Waals surface area contributed by atoms with E-state index in [2.05, 4.69) is 53.0 Å². The van der Waals surface area contributed by atoms with Gasteiger partial charge in [-0.1, -0.05) is 47.6 Å². The number of benzene rings is 1. The molecule has 1 aliphatic rings. The minimum atomic E-state index is -0.137. The molecule has 1 N–H and O–H groups in total. The summed E-state index contributed by atoms with van der Waals surface area (Å²) in [7, 11) is 0. The normalized spacial score (nSPS) is 15.9. The second-order valence-corrected chi connectivity index (χ2v) is 8.04.